The number of H-pyrrole nitrogens is 1. The molecule has 1 aliphatic rings. The van der Waals surface area contributed by atoms with Crippen LogP contribution < -0.4 is 5.73 Å². The van der Waals surface area contributed by atoms with Gasteiger partial charge in [-0.25, -0.2) is 9.97 Å². The lowest BCUT2D eigenvalue weighted by atomic mass is 10.1. The van der Waals surface area contributed by atoms with Crippen molar-refractivity contribution in [2.75, 3.05) is 18.8 Å². The maximum Gasteiger partial charge on any atom is 0.239 e. The number of carbonyl (C=O) groups is 1. The molecule has 2 aromatic carbocycles. The van der Waals surface area contributed by atoms with Gasteiger partial charge in [-0.1, -0.05) is 29.8 Å². The molecule has 158 valence electrons. The first-order valence-electron chi connectivity index (χ1n) is 10.3. The summed E-state index contributed by atoms with van der Waals surface area (Å²) in [5.74, 6) is 0.604. The van der Waals surface area contributed by atoms with Gasteiger partial charge < -0.3 is 15.6 Å². The molecule has 1 aliphatic heterocycles. The smallest absolute Gasteiger partial charge is 0.239 e. The number of aromatic nitrogens is 3. The minimum Gasteiger partial charge on any atom is -0.383 e. The molecule has 1 fully saturated rings. The van der Waals surface area contributed by atoms with Gasteiger partial charge in [0.15, 0.2) is 0 Å². The van der Waals surface area contributed by atoms with Crippen LogP contribution in [0.2, 0.25) is 5.02 Å². The molecule has 0 aliphatic carbocycles. The molecule has 1 unspecified atom stereocenters. The Labute approximate surface area is 184 Å². The first-order valence-corrected chi connectivity index (χ1v) is 10.6. The lowest BCUT2D eigenvalue weighted by Crippen LogP contribution is -2.54. The van der Waals surface area contributed by atoms with Gasteiger partial charge in [0.1, 0.15) is 12.1 Å². The second kappa shape index (κ2) is 7.83. The van der Waals surface area contributed by atoms with Crippen LogP contribution in [0.3, 0.4) is 0 Å². The molecule has 1 saturated heterocycles. The van der Waals surface area contributed by atoms with Crippen LogP contribution in [-0.2, 0) is 17.9 Å². The highest BCUT2D eigenvalue weighted by Crippen LogP contribution is 2.25. The largest absolute Gasteiger partial charge is 0.383 e. The normalized spacial score (nSPS) is 17.7. The summed E-state index contributed by atoms with van der Waals surface area (Å²) in [4.78, 5) is 28.7. The Bertz CT molecular complexity index is 1290. The zero-order chi connectivity index (χ0) is 21.5. The molecule has 3 heterocycles. The zero-order valence-corrected chi connectivity index (χ0v) is 17.9. The number of piperazine rings is 1. The second-order valence-electron chi connectivity index (χ2n) is 8.03. The molecular weight excluding hydrogens is 412 g/mol. The number of anilines is 1. The Kier molecular flexibility index (Phi) is 5.00. The van der Waals surface area contributed by atoms with Gasteiger partial charge in [-0.05, 0) is 36.2 Å². The summed E-state index contributed by atoms with van der Waals surface area (Å²) in [6.45, 7) is 4.76. The van der Waals surface area contributed by atoms with E-state index in [0.29, 0.717) is 18.9 Å². The zero-order valence-electron chi connectivity index (χ0n) is 17.2. The molecule has 3 N–H and O–H groups in total. The number of aromatic amines is 1. The van der Waals surface area contributed by atoms with Crippen LogP contribution in [0.5, 0.6) is 0 Å². The van der Waals surface area contributed by atoms with E-state index >= 15 is 0 Å². The number of rotatable bonds is 4. The molecule has 0 radical (unpaired) electrons. The highest BCUT2D eigenvalue weighted by atomic mass is 35.5. The molecule has 4 aromatic rings. The fourth-order valence-corrected chi connectivity index (χ4v) is 4.48. The van der Waals surface area contributed by atoms with Crippen molar-refractivity contribution in [3.63, 3.8) is 0 Å². The Morgan fingerprint density at radius 3 is 2.71 bits per heavy atom. The van der Waals surface area contributed by atoms with Crippen molar-refractivity contribution in [1.29, 1.82) is 0 Å². The molecule has 8 heteroatoms. The van der Waals surface area contributed by atoms with E-state index in [0.717, 1.165) is 51.0 Å². The standard InChI is InChI=1S/C23H23ClN6O/c1-14-23(31)30(12-16-3-5-18-21(9-16)27-13-28-22(18)25)7-6-29(14)11-15-2-4-17-19(24)10-26-20(17)8-15/h2-5,8-10,13-14,26H,6-7,11-12H2,1H3,(H2,25,27,28). The van der Waals surface area contributed by atoms with Gasteiger partial charge >= 0.3 is 0 Å². The SMILES string of the molecule is CC1C(=O)N(Cc2ccc3c(N)ncnc3c2)CCN1Cc1ccc2c(Cl)c[nH]c2c1. The van der Waals surface area contributed by atoms with Crippen molar-refractivity contribution in [3.8, 4) is 0 Å². The number of hydrogen-bond donors (Lipinski definition) is 2. The number of nitrogens with one attached hydrogen (secondary N) is 1. The van der Waals surface area contributed by atoms with Gasteiger partial charge in [0, 0.05) is 48.7 Å². The van der Waals surface area contributed by atoms with Gasteiger partial charge in [-0.3, -0.25) is 9.69 Å². The summed E-state index contributed by atoms with van der Waals surface area (Å²) in [6.07, 6.45) is 3.26. The van der Waals surface area contributed by atoms with Crippen molar-refractivity contribution in [2.24, 2.45) is 0 Å². The van der Waals surface area contributed by atoms with Crippen LogP contribution in [0.15, 0.2) is 48.9 Å². The van der Waals surface area contributed by atoms with Crippen LogP contribution >= 0.6 is 11.6 Å². The number of hydrogen-bond acceptors (Lipinski definition) is 5. The summed E-state index contributed by atoms with van der Waals surface area (Å²) >= 11 is 6.18. The fourth-order valence-electron chi connectivity index (χ4n) is 4.26. The van der Waals surface area contributed by atoms with Crippen LogP contribution in [0.4, 0.5) is 5.82 Å². The molecule has 1 atom stereocenters. The molecule has 0 saturated carbocycles. The lowest BCUT2D eigenvalue weighted by Gasteiger charge is -2.39. The van der Waals surface area contributed by atoms with E-state index in [1.807, 2.05) is 36.1 Å². The third-order valence-electron chi connectivity index (χ3n) is 6.06. The van der Waals surface area contributed by atoms with E-state index in [4.69, 9.17) is 17.3 Å². The number of fused-ring (bicyclic) bond motifs is 2. The highest BCUT2D eigenvalue weighted by molar-refractivity contribution is 6.35. The molecule has 7 nitrogen and oxygen atoms in total. The number of nitrogens with two attached hydrogens (primary N) is 1. The van der Waals surface area contributed by atoms with Crippen molar-refractivity contribution in [2.45, 2.75) is 26.1 Å². The van der Waals surface area contributed by atoms with E-state index in [1.165, 1.54) is 6.33 Å². The third-order valence-corrected chi connectivity index (χ3v) is 6.37. The van der Waals surface area contributed by atoms with Crippen LogP contribution in [0.1, 0.15) is 18.1 Å². The van der Waals surface area contributed by atoms with Crippen molar-refractivity contribution in [1.82, 2.24) is 24.8 Å². The summed E-state index contributed by atoms with van der Waals surface area (Å²) in [6, 6.07) is 11.9. The van der Waals surface area contributed by atoms with Crippen molar-refractivity contribution in [3.05, 3.63) is 65.1 Å². The minimum absolute atomic E-state index is 0.137. The van der Waals surface area contributed by atoms with Gasteiger partial charge in [0.25, 0.3) is 0 Å². The monoisotopic (exact) mass is 434 g/mol. The molecular formula is C23H23ClN6O. The predicted molar refractivity (Wildman–Crippen MR) is 123 cm³/mol. The van der Waals surface area contributed by atoms with Gasteiger partial charge in [0.05, 0.1) is 16.6 Å². The van der Waals surface area contributed by atoms with Crippen molar-refractivity contribution < 1.29 is 4.79 Å². The van der Waals surface area contributed by atoms with Gasteiger partial charge in [0.2, 0.25) is 5.91 Å². The molecule has 0 bridgehead atoms. The average molecular weight is 435 g/mol. The summed E-state index contributed by atoms with van der Waals surface area (Å²) in [5.41, 5.74) is 9.92. The fraction of sp³-hybridized carbons (Fsp3) is 0.261. The highest BCUT2D eigenvalue weighted by Gasteiger charge is 2.31. The number of benzene rings is 2. The number of halogens is 1. The molecule has 0 spiro atoms. The third kappa shape index (κ3) is 3.71. The van der Waals surface area contributed by atoms with Gasteiger partial charge in [-0.2, -0.15) is 0 Å². The van der Waals surface area contributed by atoms with Crippen LogP contribution in [-0.4, -0.2) is 49.8 Å². The summed E-state index contributed by atoms with van der Waals surface area (Å²) < 4.78 is 0. The van der Waals surface area contributed by atoms with Crippen molar-refractivity contribution >= 4 is 45.1 Å². The van der Waals surface area contributed by atoms with E-state index < -0.39 is 0 Å². The van der Waals surface area contributed by atoms with E-state index in [2.05, 4.69) is 32.0 Å². The number of carbonyl (C=O) groups excluding carboxylic acids is 1. The molecule has 31 heavy (non-hydrogen) atoms. The number of nitrogens with zero attached hydrogens (tertiary/aromatic N) is 4. The summed E-state index contributed by atoms with van der Waals surface area (Å²) in [5, 5.41) is 2.57. The Hall–Kier alpha value is -3.16. The topological polar surface area (TPSA) is 91.1 Å². The lowest BCUT2D eigenvalue weighted by molar-refractivity contribution is -0.142. The van der Waals surface area contributed by atoms with Gasteiger partial charge in [-0.15, -0.1) is 0 Å². The predicted octanol–water partition coefficient (Wildman–Crippen LogP) is 3.58. The average Bonchev–Trinajstić information content (AvgIpc) is 3.14. The number of nitrogen functional groups attached to an aromatic ring is 1. The number of amides is 1. The van der Waals surface area contributed by atoms with Crippen LogP contribution in [0, 0.1) is 0 Å². The minimum atomic E-state index is -0.185. The summed E-state index contributed by atoms with van der Waals surface area (Å²) in [7, 11) is 0. The first kappa shape index (κ1) is 19.8. The Morgan fingerprint density at radius 2 is 1.87 bits per heavy atom. The molecule has 2 aromatic heterocycles. The maximum atomic E-state index is 13.1. The van der Waals surface area contributed by atoms with E-state index in [-0.39, 0.29) is 11.9 Å². The van der Waals surface area contributed by atoms with Crippen LogP contribution in [0.25, 0.3) is 21.8 Å². The molecule has 1 amide bonds. The molecule has 5 rings (SSSR count). The van der Waals surface area contributed by atoms with E-state index in [1.54, 1.807) is 6.20 Å². The Balaban J connectivity index is 1.28. The maximum absolute atomic E-state index is 13.1. The first-order chi connectivity index (χ1) is 15.0. The Morgan fingerprint density at radius 1 is 1.10 bits per heavy atom. The van der Waals surface area contributed by atoms with E-state index in [9.17, 15) is 4.79 Å². The quantitative estimate of drug-likeness (QED) is 0.512. The second-order valence-corrected chi connectivity index (χ2v) is 8.44.